The van der Waals surface area contributed by atoms with Crippen molar-refractivity contribution in [1.82, 2.24) is 10.2 Å². The molecule has 3 rings (SSSR count). The molecule has 11 nitrogen and oxygen atoms in total. The Hall–Kier alpha value is -4.39. The number of methoxy groups -OCH3 is 2. The van der Waals surface area contributed by atoms with Gasteiger partial charge in [0, 0.05) is 31.0 Å². The molecule has 2 aromatic rings. The number of benzene rings is 2. The number of nitrogens with one attached hydrogen (secondary N) is 1. The summed E-state index contributed by atoms with van der Waals surface area (Å²) in [6.45, 7) is 0. The first-order valence-electron chi connectivity index (χ1n) is 9.49. The van der Waals surface area contributed by atoms with Gasteiger partial charge >= 0.3 is 18.1 Å². The van der Waals surface area contributed by atoms with Crippen LogP contribution < -0.4 is 10.1 Å². The Kier molecular flexibility index (Phi) is 7.16. The molecule has 0 saturated carbocycles. The van der Waals surface area contributed by atoms with E-state index in [0.717, 1.165) is 55.8 Å². The number of hydrogen-bond donors (Lipinski definition) is 1. The van der Waals surface area contributed by atoms with E-state index in [1.165, 1.54) is 7.11 Å². The van der Waals surface area contributed by atoms with E-state index in [2.05, 4.69) is 5.32 Å². The van der Waals surface area contributed by atoms with Crippen molar-refractivity contribution in [1.29, 1.82) is 0 Å². The van der Waals surface area contributed by atoms with Crippen LogP contribution in [0.1, 0.15) is 11.6 Å². The highest BCUT2D eigenvalue weighted by molar-refractivity contribution is 5.95. The smallest absolute Gasteiger partial charge is 0.424 e. The molecular formula is C21H17F2N3O8. The zero-order valence-corrected chi connectivity index (χ0v) is 17.7. The molecule has 0 bridgehead atoms. The van der Waals surface area contributed by atoms with Crippen molar-refractivity contribution >= 4 is 23.8 Å². The van der Waals surface area contributed by atoms with E-state index in [1.54, 1.807) is 0 Å². The number of carbonyl (C=O) groups is 3. The molecule has 0 saturated heterocycles. The van der Waals surface area contributed by atoms with Crippen LogP contribution in [0.3, 0.4) is 0 Å². The van der Waals surface area contributed by atoms with Gasteiger partial charge in [-0.15, -0.1) is 0 Å². The molecule has 178 valence electrons. The minimum absolute atomic E-state index is 0.0411. The molecule has 0 fully saturated rings. The molecule has 2 unspecified atom stereocenters. The quantitative estimate of drug-likeness (QED) is 0.380. The third-order valence-electron chi connectivity index (χ3n) is 4.82. The topological polar surface area (TPSA) is 137 Å². The number of hydrogen-bond acceptors (Lipinski definition) is 8. The predicted octanol–water partition coefficient (Wildman–Crippen LogP) is 3.21. The molecule has 3 amide bonds. The number of nitro groups is 1. The summed E-state index contributed by atoms with van der Waals surface area (Å²) in [6.07, 6.45) is -1.61. The van der Waals surface area contributed by atoms with Crippen LogP contribution in [0.5, 0.6) is 5.75 Å². The highest BCUT2D eigenvalue weighted by Gasteiger charge is 2.43. The van der Waals surface area contributed by atoms with Crippen LogP contribution in [0.2, 0.25) is 0 Å². The lowest BCUT2D eigenvalue weighted by Gasteiger charge is -2.36. The molecule has 1 aliphatic rings. The Morgan fingerprint density at radius 1 is 1.12 bits per heavy atom. The number of nitrogens with zero attached hydrogens (tertiary/aromatic N) is 2. The number of carbonyl (C=O) groups excluding carboxylic acids is 3. The Balaban J connectivity index is 2.04. The molecular weight excluding hydrogens is 460 g/mol. The standard InChI is InChI=1S/C21H17F2N3O8/c1-32-18(19(27)33-2)14-10-24-20(28)25(17(14)11-3-8-15(22)16(23)9-11)21(29)34-13-6-4-12(5-7-13)26(30)31/h3-10,17-18H,1-2H3,(H,24,28). The van der Waals surface area contributed by atoms with E-state index in [4.69, 9.17) is 14.2 Å². The fraction of sp³-hybridized carbons (Fsp3) is 0.190. The van der Waals surface area contributed by atoms with E-state index in [-0.39, 0.29) is 22.6 Å². The summed E-state index contributed by atoms with van der Waals surface area (Å²) in [7, 11) is 2.25. The molecule has 2 aromatic carbocycles. The van der Waals surface area contributed by atoms with Crippen molar-refractivity contribution in [3.8, 4) is 5.75 Å². The Bertz CT molecular complexity index is 1170. The maximum absolute atomic E-state index is 14.0. The third kappa shape index (κ3) is 4.83. The maximum atomic E-state index is 14.0. The van der Waals surface area contributed by atoms with Crippen molar-refractivity contribution in [2.45, 2.75) is 12.1 Å². The molecule has 0 radical (unpaired) electrons. The summed E-state index contributed by atoms with van der Waals surface area (Å²) in [5.74, 6) is -3.47. The van der Waals surface area contributed by atoms with E-state index in [0.29, 0.717) is 4.90 Å². The molecule has 0 aromatic heterocycles. The first kappa shape index (κ1) is 24.3. The second-order valence-electron chi connectivity index (χ2n) is 6.80. The van der Waals surface area contributed by atoms with E-state index >= 15 is 0 Å². The average Bonchev–Trinajstić information content (AvgIpc) is 2.82. The van der Waals surface area contributed by atoms with E-state index in [1.807, 2.05) is 0 Å². The molecule has 1 aliphatic heterocycles. The van der Waals surface area contributed by atoms with Gasteiger partial charge in [-0.05, 0) is 29.8 Å². The van der Waals surface area contributed by atoms with Gasteiger partial charge < -0.3 is 19.5 Å². The highest BCUT2D eigenvalue weighted by atomic mass is 19.2. The van der Waals surface area contributed by atoms with Gasteiger partial charge in [0.05, 0.1) is 18.1 Å². The van der Waals surface area contributed by atoms with Crippen LogP contribution in [-0.4, -0.2) is 48.2 Å². The molecule has 1 N–H and O–H groups in total. The SMILES string of the molecule is COC(=O)C(OC)C1=CNC(=O)N(C(=O)Oc2ccc([N+](=O)[O-])cc2)C1c1ccc(F)c(F)c1. The highest BCUT2D eigenvalue weighted by Crippen LogP contribution is 2.35. The summed E-state index contributed by atoms with van der Waals surface area (Å²) >= 11 is 0. The number of esters is 1. The monoisotopic (exact) mass is 477 g/mol. The van der Waals surface area contributed by atoms with E-state index < -0.39 is 46.8 Å². The van der Waals surface area contributed by atoms with Gasteiger partial charge in [-0.3, -0.25) is 10.1 Å². The van der Waals surface area contributed by atoms with Gasteiger partial charge in [-0.25, -0.2) is 28.1 Å². The lowest BCUT2D eigenvalue weighted by atomic mass is 9.92. The predicted molar refractivity (Wildman–Crippen MR) is 109 cm³/mol. The number of urea groups is 1. The maximum Gasteiger partial charge on any atom is 0.424 e. The normalized spacial score (nSPS) is 16.2. The molecule has 34 heavy (non-hydrogen) atoms. The van der Waals surface area contributed by atoms with Crippen LogP contribution in [-0.2, 0) is 14.3 Å². The third-order valence-corrected chi connectivity index (χ3v) is 4.82. The zero-order chi connectivity index (χ0) is 25.0. The van der Waals surface area contributed by atoms with Crippen molar-refractivity contribution in [3.05, 3.63) is 81.5 Å². The zero-order valence-electron chi connectivity index (χ0n) is 17.7. The number of non-ortho nitro benzene ring substituents is 1. The second kappa shape index (κ2) is 10.0. The van der Waals surface area contributed by atoms with Gasteiger partial charge in [0.1, 0.15) is 5.75 Å². The summed E-state index contributed by atoms with van der Waals surface area (Å²) in [5, 5.41) is 13.1. The number of ether oxygens (including phenoxy) is 3. The summed E-state index contributed by atoms with van der Waals surface area (Å²) in [5.41, 5.74) is -0.381. The first-order chi connectivity index (χ1) is 16.2. The number of rotatable bonds is 6. The molecule has 2 atom stereocenters. The van der Waals surface area contributed by atoms with E-state index in [9.17, 15) is 33.3 Å². The summed E-state index contributed by atoms with van der Waals surface area (Å²) < 4.78 is 42.6. The Labute approximate surface area is 190 Å². The largest absolute Gasteiger partial charge is 0.467 e. The average molecular weight is 477 g/mol. The number of amides is 3. The molecule has 13 heteroatoms. The van der Waals surface area contributed by atoms with Gasteiger partial charge in [0.15, 0.2) is 17.7 Å². The first-order valence-corrected chi connectivity index (χ1v) is 9.49. The van der Waals surface area contributed by atoms with Crippen molar-refractivity contribution in [3.63, 3.8) is 0 Å². The van der Waals surface area contributed by atoms with Crippen molar-refractivity contribution in [2.24, 2.45) is 0 Å². The van der Waals surface area contributed by atoms with Crippen LogP contribution in [0.15, 0.2) is 54.2 Å². The summed E-state index contributed by atoms with van der Waals surface area (Å²) in [4.78, 5) is 48.6. The molecule has 0 spiro atoms. The lowest BCUT2D eigenvalue weighted by Crippen LogP contribution is -2.52. The molecule has 0 aliphatic carbocycles. The Morgan fingerprint density at radius 3 is 2.35 bits per heavy atom. The number of imide groups is 1. The van der Waals surface area contributed by atoms with Crippen LogP contribution in [0, 0.1) is 21.7 Å². The second-order valence-corrected chi connectivity index (χ2v) is 6.80. The number of nitro benzene ring substituents is 1. The van der Waals surface area contributed by atoms with Crippen LogP contribution >= 0.6 is 0 Å². The van der Waals surface area contributed by atoms with Crippen LogP contribution in [0.25, 0.3) is 0 Å². The van der Waals surface area contributed by atoms with Crippen molar-refractivity contribution in [2.75, 3.05) is 14.2 Å². The Morgan fingerprint density at radius 2 is 1.79 bits per heavy atom. The molecule has 1 heterocycles. The van der Waals surface area contributed by atoms with Crippen LogP contribution in [0.4, 0.5) is 24.1 Å². The number of halogens is 2. The van der Waals surface area contributed by atoms with Crippen molar-refractivity contribution < 1.29 is 42.3 Å². The minimum Gasteiger partial charge on any atom is -0.467 e. The van der Waals surface area contributed by atoms with Gasteiger partial charge in [0.25, 0.3) is 5.69 Å². The minimum atomic E-state index is -1.46. The van der Waals surface area contributed by atoms with Gasteiger partial charge in [-0.1, -0.05) is 6.07 Å². The lowest BCUT2D eigenvalue weighted by molar-refractivity contribution is -0.384. The summed E-state index contributed by atoms with van der Waals surface area (Å²) in [6, 6.07) is 4.61. The fourth-order valence-electron chi connectivity index (χ4n) is 3.25. The fourth-order valence-corrected chi connectivity index (χ4v) is 3.25. The van der Waals surface area contributed by atoms with Gasteiger partial charge in [-0.2, -0.15) is 0 Å². The van der Waals surface area contributed by atoms with Gasteiger partial charge in [0.2, 0.25) is 0 Å².